The second-order valence-corrected chi connectivity index (χ2v) is 6.58. The van der Waals surface area contributed by atoms with Crippen molar-refractivity contribution in [3.63, 3.8) is 0 Å². The minimum Gasteiger partial charge on any atom is -0.444 e. The monoisotopic (exact) mass is 385 g/mol. The zero-order chi connectivity index (χ0) is 20.2. The maximum Gasteiger partial charge on any atom is 0.277 e. The van der Waals surface area contributed by atoms with Crippen LogP contribution in [0.3, 0.4) is 0 Å². The number of nitrogen functional groups attached to an aromatic ring is 2. The van der Waals surface area contributed by atoms with Gasteiger partial charge in [-0.15, -0.1) is 0 Å². The number of carbonyl (C=O) groups is 1. The van der Waals surface area contributed by atoms with Crippen molar-refractivity contribution < 1.29 is 9.21 Å². The summed E-state index contributed by atoms with van der Waals surface area (Å²) in [5.41, 5.74) is 15.8. The summed E-state index contributed by atoms with van der Waals surface area (Å²) < 4.78 is 5.38. The minimum atomic E-state index is -0.352. The Balaban J connectivity index is 1.40. The predicted octanol–water partition coefficient (Wildman–Crippen LogP) is 3.74. The molecule has 0 fully saturated rings. The number of aromatic nitrogens is 2. The molecule has 0 aliphatic heterocycles. The molecule has 7 nitrogen and oxygen atoms in total. The maximum atomic E-state index is 12.4. The molecule has 4 rings (SSSR count). The molecule has 2 heterocycles. The van der Waals surface area contributed by atoms with Crippen LogP contribution >= 0.6 is 0 Å². The van der Waals surface area contributed by atoms with Crippen molar-refractivity contribution in [2.75, 3.05) is 16.8 Å². The number of pyridine rings is 1. The van der Waals surface area contributed by atoms with Gasteiger partial charge in [0.25, 0.3) is 5.91 Å². The molecule has 0 aliphatic carbocycles. The van der Waals surface area contributed by atoms with Crippen molar-refractivity contribution in [1.82, 2.24) is 9.97 Å². The molecule has 5 N–H and O–H groups in total. The molecule has 7 heteroatoms. The maximum absolute atomic E-state index is 12.4. The van der Waals surface area contributed by atoms with Crippen LogP contribution in [0.1, 0.15) is 21.6 Å². The van der Waals surface area contributed by atoms with Gasteiger partial charge in [0, 0.05) is 17.6 Å². The van der Waals surface area contributed by atoms with Gasteiger partial charge < -0.3 is 21.2 Å². The fourth-order valence-electron chi connectivity index (χ4n) is 2.81. The third-order valence-electron chi connectivity index (χ3n) is 4.37. The van der Waals surface area contributed by atoms with Gasteiger partial charge in [-0.05, 0) is 53.9 Å². The first-order valence-electron chi connectivity index (χ1n) is 8.99. The van der Waals surface area contributed by atoms with Gasteiger partial charge in [-0.2, -0.15) is 0 Å². The summed E-state index contributed by atoms with van der Waals surface area (Å²) in [6.45, 7) is 0. The molecule has 0 aliphatic rings. The van der Waals surface area contributed by atoms with Crippen molar-refractivity contribution >= 4 is 23.1 Å². The van der Waals surface area contributed by atoms with Crippen LogP contribution in [-0.2, 0) is 6.42 Å². The first kappa shape index (κ1) is 18.2. The fourth-order valence-corrected chi connectivity index (χ4v) is 2.81. The number of benzene rings is 2. The average molecular weight is 385 g/mol. The molecular formula is C22H19N5O2. The highest BCUT2D eigenvalue weighted by molar-refractivity contribution is 6.02. The van der Waals surface area contributed by atoms with E-state index >= 15 is 0 Å². The molecule has 144 valence electrons. The van der Waals surface area contributed by atoms with E-state index in [1.807, 2.05) is 48.5 Å². The van der Waals surface area contributed by atoms with Gasteiger partial charge in [-0.25, -0.2) is 9.97 Å². The molecule has 29 heavy (non-hydrogen) atoms. The SMILES string of the molecule is Nc1ccc(Cc2ccc(NC(=O)c3coc(-c4ccc(N)nc4)n3)cc2)cc1. The Bertz CT molecular complexity index is 1120. The van der Waals surface area contributed by atoms with Gasteiger partial charge in [0.2, 0.25) is 5.89 Å². The average Bonchev–Trinajstić information content (AvgIpc) is 3.22. The van der Waals surface area contributed by atoms with E-state index in [1.165, 1.54) is 11.8 Å². The molecule has 2 aromatic heterocycles. The van der Waals surface area contributed by atoms with Gasteiger partial charge in [0.1, 0.15) is 12.1 Å². The van der Waals surface area contributed by atoms with E-state index < -0.39 is 0 Å². The van der Waals surface area contributed by atoms with Gasteiger partial charge in [0.15, 0.2) is 5.69 Å². The van der Waals surface area contributed by atoms with Gasteiger partial charge in [-0.3, -0.25) is 4.79 Å². The largest absolute Gasteiger partial charge is 0.444 e. The van der Waals surface area contributed by atoms with Gasteiger partial charge in [-0.1, -0.05) is 24.3 Å². The molecule has 1 amide bonds. The van der Waals surface area contributed by atoms with Crippen molar-refractivity contribution in [2.45, 2.75) is 6.42 Å². The lowest BCUT2D eigenvalue weighted by Crippen LogP contribution is -2.12. The highest BCUT2D eigenvalue weighted by Gasteiger charge is 2.14. The highest BCUT2D eigenvalue weighted by atomic mass is 16.3. The topological polar surface area (TPSA) is 120 Å². The second kappa shape index (κ2) is 7.85. The first-order valence-corrected chi connectivity index (χ1v) is 8.99. The summed E-state index contributed by atoms with van der Waals surface area (Å²) in [6.07, 6.45) is 3.65. The van der Waals surface area contributed by atoms with Crippen LogP contribution in [0.25, 0.3) is 11.5 Å². The Morgan fingerprint density at radius 3 is 2.28 bits per heavy atom. The summed E-state index contributed by atoms with van der Waals surface area (Å²) in [4.78, 5) is 20.6. The summed E-state index contributed by atoms with van der Waals surface area (Å²) in [7, 11) is 0. The number of amides is 1. The van der Waals surface area contributed by atoms with E-state index in [0.717, 1.165) is 17.7 Å². The number of hydrogen-bond acceptors (Lipinski definition) is 6. The Morgan fingerprint density at radius 2 is 1.62 bits per heavy atom. The molecular weight excluding hydrogens is 366 g/mol. The summed E-state index contributed by atoms with van der Waals surface area (Å²) in [5.74, 6) is 0.356. The summed E-state index contributed by atoms with van der Waals surface area (Å²) in [5, 5.41) is 2.82. The van der Waals surface area contributed by atoms with Crippen molar-refractivity contribution in [3.8, 4) is 11.5 Å². The summed E-state index contributed by atoms with van der Waals surface area (Å²) in [6, 6.07) is 18.8. The molecule has 0 spiro atoms. The number of carbonyl (C=O) groups excluding carboxylic acids is 1. The number of nitrogens with zero attached hydrogens (tertiary/aromatic N) is 2. The Morgan fingerprint density at radius 1 is 0.931 bits per heavy atom. The van der Waals surface area contributed by atoms with Crippen LogP contribution in [0.2, 0.25) is 0 Å². The van der Waals surface area contributed by atoms with Crippen LogP contribution in [0.15, 0.2) is 77.5 Å². The highest BCUT2D eigenvalue weighted by Crippen LogP contribution is 2.20. The molecule has 0 saturated carbocycles. The molecule has 4 aromatic rings. The van der Waals surface area contributed by atoms with Crippen LogP contribution < -0.4 is 16.8 Å². The number of oxazole rings is 1. The normalized spacial score (nSPS) is 10.6. The fraction of sp³-hybridized carbons (Fsp3) is 0.0455. The van der Waals surface area contributed by atoms with Crippen LogP contribution in [0.4, 0.5) is 17.2 Å². The minimum absolute atomic E-state index is 0.183. The van der Waals surface area contributed by atoms with Gasteiger partial charge >= 0.3 is 0 Å². The van der Waals surface area contributed by atoms with E-state index in [9.17, 15) is 4.79 Å². The number of hydrogen-bond donors (Lipinski definition) is 3. The van der Waals surface area contributed by atoms with Gasteiger partial charge in [0.05, 0.1) is 5.56 Å². The van der Waals surface area contributed by atoms with Crippen molar-refractivity contribution in [2.24, 2.45) is 0 Å². The molecule has 2 aromatic carbocycles. The Kier molecular flexibility index (Phi) is 4.94. The third-order valence-corrected chi connectivity index (χ3v) is 4.37. The lowest BCUT2D eigenvalue weighted by atomic mass is 10.0. The van der Waals surface area contributed by atoms with E-state index in [2.05, 4.69) is 15.3 Å². The van der Waals surface area contributed by atoms with Crippen LogP contribution in [0.5, 0.6) is 0 Å². The first-order chi connectivity index (χ1) is 14.1. The third kappa shape index (κ3) is 4.41. The molecule has 0 atom stereocenters. The lowest BCUT2D eigenvalue weighted by Gasteiger charge is -2.06. The molecule has 0 unspecified atom stereocenters. The zero-order valence-corrected chi connectivity index (χ0v) is 15.5. The van der Waals surface area contributed by atoms with Crippen LogP contribution in [0, 0.1) is 0 Å². The number of nitrogens with one attached hydrogen (secondary N) is 1. The lowest BCUT2D eigenvalue weighted by molar-refractivity contribution is 0.102. The molecule has 0 bridgehead atoms. The predicted molar refractivity (Wildman–Crippen MR) is 112 cm³/mol. The van der Waals surface area contributed by atoms with E-state index in [0.29, 0.717) is 23.0 Å². The Labute approximate surface area is 167 Å². The number of rotatable bonds is 5. The summed E-state index contributed by atoms with van der Waals surface area (Å²) >= 11 is 0. The molecule has 0 saturated heterocycles. The second-order valence-electron chi connectivity index (χ2n) is 6.58. The Hall–Kier alpha value is -4.13. The molecule has 0 radical (unpaired) electrons. The smallest absolute Gasteiger partial charge is 0.277 e. The van der Waals surface area contributed by atoms with Crippen molar-refractivity contribution in [1.29, 1.82) is 0 Å². The quantitative estimate of drug-likeness (QED) is 0.450. The van der Waals surface area contributed by atoms with E-state index in [1.54, 1.807) is 18.3 Å². The van der Waals surface area contributed by atoms with Crippen molar-refractivity contribution in [3.05, 3.63) is 89.9 Å². The standard InChI is InChI=1S/C22H19N5O2/c23-17-6-1-14(2-7-17)11-15-3-8-18(9-4-15)26-21(28)19-13-29-22(27-19)16-5-10-20(24)25-12-16/h1-10,12-13H,11,23H2,(H2,24,25)(H,26,28). The van der Waals surface area contributed by atoms with E-state index in [4.69, 9.17) is 15.9 Å². The van der Waals surface area contributed by atoms with Crippen LogP contribution in [-0.4, -0.2) is 15.9 Å². The van der Waals surface area contributed by atoms with E-state index in [-0.39, 0.29) is 11.6 Å². The number of nitrogens with two attached hydrogens (primary N) is 2. The number of anilines is 3. The zero-order valence-electron chi connectivity index (χ0n) is 15.5.